The molecule has 1 fully saturated rings. The third kappa shape index (κ3) is 5.84. The Morgan fingerprint density at radius 3 is 2.47 bits per heavy atom. The predicted molar refractivity (Wildman–Crippen MR) is 156 cm³/mol. The Bertz CT molecular complexity index is 1380. The molecule has 5 nitrogen and oxygen atoms in total. The number of para-hydroxylation sites is 1. The van der Waals surface area contributed by atoms with Gasteiger partial charge in [-0.1, -0.05) is 72.8 Å². The number of rotatable bonds is 9. The Hall–Kier alpha value is -3.83. The Morgan fingerprint density at radius 1 is 0.947 bits per heavy atom. The van der Waals surface area contributed by atoms with Crippen LogP contribution in [0.2, 0.25) is 0 Å². The van der Waals surface area contributed by atoms with Crippen LogP contribution in [-0.4, -0.2) is 60.1 Å². The van der Waals surface area contributed by atoms with Crippen molar-refractivity contribution in [3.8, 4) is 5.75 Å². The number of benzene rings is 3. The molecule has 2 heterocycles. The molecule has 1 atom stereocenters. The summed E-state index contributed by atoms with van der Waals surface area (Å²) in [6.07, 6.45) is 7.07. The van der Waals surface area contributed by atoms with Crippen molar-refractivity contribution in [2.24, 2.45) is 0 Å². The molecule has 38 heavy (non-hydrogen) atoms. The van der Waals surface area contributed by atoms with E-state index in [1.54, 1.807) is 7.11 Å². The lowest BCUT2D eigenvalue weighted by Crippen LogP contribution is -2.48. The number of amides is 1. The van der Waals surface area contributed by atoms with E-state index in [0.717, 1.165) is 50.6 Å². The maximum absolute atomic E-state index is 13.7. The van der Waals surface area contributed by atoms with Gasteiger partial charge in [0.1, 0.15) is 5.75 Å². The molecule has 5 rings (SSSR count). The first-order valence-corrected chi connectivity index (χ1v) is 13.6. The van der Waals surface area contributed by atoms with E-state index in [2.05, 4.69) is 95.4 Å². The number of aromatic nitrogens is 1. The number of carbonyl (C=O) groups is 1. The van der Waals surface area contributed by atoms with Gasteiger partial charge in [0.15, 0.2) is 0 Å². The SMILES string of the molecule is CCn1cc(C(CC(=O)N2CCN(C/C=C/c3ccccc3)CC2)c2cccc(OC)c2)c2ccccc21. The van der Waals surface area contributed by atoms with Crippen molar-refractivity contribution in [1.29, 1.82) is 0 Å². The quantitative estimate of drug-likeness (QED) is 0.277. The van der Waals surface area contributed by atoms with Crippen molar-refractivity contribution in [2.75, 3.05) is 39.8 Å². The number of methoxy groups -OCH3 is 1. The summed E-state index contributed by atoms with van der Waals surface area (Å²) in [6.45, 7) is 7.27. The van der Waals surface area contributed by atoms with Crippen LogP contribution < -0.4 is 4.74 Å². The van der Waals surface area contributed by atoms with Gasteiger partial charge in [0.05, 0.1) is 7.11 Å². The fourth-order valence-corrected chi connectivity index (χ4v) is 5.47. The van der Waals surface area contributed by atoms with Crippen molar-refractivity contribution in [3.05, 3.63) is 108 Å². The van der Waals surface area contributed by atoms with Crippen molar-refractivity contribution < 1.29 is 9.53 Å². The molecule has 0 radical (unpaired) electrons. The lowest BCUT2D eigenvalue weighted by Gasteiger charge is -2.35. The Morgan fingerprint density at radius 2 is 1.71 bits per heavy atom. The zero-order chi connectivity index (χ0) is 26.3. The van der Waals surface area contributed by atoms with Crippen LogP contribution in [0.5, 0.6) is 5.75 Å². The van der Waals surface area contributed by atoms with E-state index in [9.17, 15) is 4.79 Å². The zero-order valence-corrected chi connectivity index (χ0v) is 22.4. The van der Waals surface area contributed by atoms with Gasteiger partial charge in [-0.15, -0.1) is 0 Å². The van der Waals surface area contributed by atoms with Crippen LogP contribution >= 0.6 is 0 Å². The first-order chi connectivity index (χ1) is 18.7. The molecule has 4 aromatic rings. The molecule has 1 aliphatic heterocycles. The lowest BCUT2D eigenvalue weighted by molar-refractivity contribution is -0.133. The average molecular weight is 508 g/mol. The number of aryl methyl sites for hydroxylation is 1. The fourth-order valence-electron chi connectivity index (χ4n) is 5.47. The summed E-state index contributed by atoms with van der Waals surface area (Å²) in [6, 6.07) is 27.1. The van der Waals surface area contributed by atoms with Crippen LogP contribution in [0.4, 0.5) is 0 Å². The minimum Gasteiger partial charge on any atom is -0.497 e. The van der Waals surface area contributed by atoms with Gasteiger partial charge in [-0.25, -0.2) is 0 Å². The molecule has 0 spiro atoms. The van der Waals surface area contributed by atoms with Crippen LogP contribution in [0.3, 0.4) is 0 Å². The van der Waals surface area contributed by atoms with E-state index in [0.29, 0.717) is 6.42 Å². The number of carbonyl (C=O) groups excluding carboxylic acids is 1. The molecule has 1 aliphatic rings. The Labute approximate surface area is 225 Å². The van der Waals surface area contributed by atoms with Crippen LogP contribution in [0.1, 0.15) is 36.0 Å². The minimum absolute atomic E-state index is 0.0397. The van der Waals surface area contributed by atoms with Gasteiger partial charge in [0.25, 0.3) is 0 Å². The zero-order valence-electron chi connectivity index (χ0n) is 22.4. The molecule has 3 aromatic carbocycles. The smallest absolute Gasteiger partial charge is 0.223 e. The van der Waals surface area contributed by atoms with Crippen LogP contribution in [-0.2, 0) is 11.3 Å². The van der Waals surface area contributed by atoms with E-state index >= 15 is 0 Å². The van der Waals surface area contributed by atoms with Crippen LogP contribution in [0.25, 0.3) is 17.0 Å². The molecular weight excluding hydrogens is 470 g/mol. The summed E-state index contributed by atoms with van der Waals surface area (Å²) >= 11 is 0. The fraction of sp³-hybridized carbons (Fsp3) is 0.303. The highest BCUT2D eigenvalue weighted by Gasteiger charge is 2.27. The maximum atomic E-state index is 13.7. The van der Waals surface area contributed by atoms with E-state index in [-0.39, 0.29) is 11.8 Å². The predicted octanol–water partition coefficient (Wildman–Crippen LogP) is 6.05. The summed E-state index contributed by atoms with van der Waals surface area (Å²) < 4.78 is 7.82. The molecule has 1 saturated heterocycles. The highest BCUT2D eigenvalue weighted by molar-refractivity contribution is 5.86. The summed E-state index contributed by atoms with van der Waals surface area (Å²) in [7, 11) is 1.69. The largest absolute Gasteiger partial charge is 0.497 e. The molecule has 1 amide bonds. The van der Waals surface area contributed by atoms with Crippen LogP contribution in [0.15, 0.2) is 91.1 Å². The summed E-state index contributed by atoms with van der Waals surface area (Å²) in [5.41, 5.74) is 4.74. The number of ether oxygens (including phenoxy) is 1. The van der Waals surface area contributed by atoms with E-state index in [1.807, 2.05) is 23.1 Å². The number of hydrogen-bond donors (Lipinski definition) is 0. The van der Waals surface area contributed by atoms with Gasteiger partial charge in [-0.3, -0.25) is 9.69 Å². The molecule has 196 valence electrons. The third-order valence-electron chi connectivity index (χ3n) is 7.61. The molecule has 1 aromatic heterocycles. The van der Waals surface area contributed by atoms with Gasteiger partial charge in [-0.05, 0) is 41.8 Å². The Kier molecular flexibility index (Phi) is 8.25. The lowest BCUT2D eigenvalue weighted by atomic mass is 9.87. The summed E-state index contributed by atoms with van der Waals surface area (Å²) in [5, 5.41) is 1.21. The Balaban J connectivity index is 1.31. The second-order valence-electron chi connectivity index (χ2n) is 9.92. The number of nitrogens with zero attached hydrogens (tertiary/aromatic N) is 3. The second-order valence-corrected chi connectivity index (χ2v) is 9.92. The maximum Gasteiger partial charge on any atom is 0.223 e. The van der Waals surface area contributed by atoms with Gasteiger partial charge in [0, 0.05) is 68.7 Å². The van der Waals surface area contributed by atoms with Crippen molar-refractivity contribution in [3.63, 3.8) is 0 Å². The summed E-state index contributed by atoms with van der Waals surface area (Å²) in [5.74, 6) is 0.990. The molecular formula is C33H37N3O2. The number of hydrogen-bond acceptors (Lipinski definition) is 3. The van der Waals surface area contributed by atoms with Gasteiger partial charge >= 0.3 is 0 Å². The van der Waals surface area contributed by atoms with Crippen molar-refractivity contribution in [2.45, 2.75) is 25.8 Å². The molecule has 0 N–H and O–H groups in total. The van der Waals surface area contributed by atoms with E-state index in [1.165, 1.54) is 22.0 Å². The highest BCUT2D eigenvalue weighted by Crippen LogP contribution is 2.36. The molecule has 0 aliphatic carbocycles. The topological polar surface area (TPSA) is 37.7 Å². The highest BCUT2D eigenvalue weighted by atomic mass is 16.5. The molecule has 0 saturated carbocycles. The molecule has 0 bridgehead atoms. The molecule has 1 unspecified atom stereocenters. The van der Waals surface area contributed by atoms with E-state index < -0.39 is 0 Å². The second kappa shape index (κ2) is 12.1. The first kappa shape index (κ1) is 25.8. The van der Waals surface area contributed by atoms with Crippen LogP contribution in [0, 0.1) is 0 Å². The monoisotopic (exact) mass is 507 g/mol. The first-order valence-electron chi connectivity index (χ1n) is 13.6. The van der Waals surface area contributed by atoms with Crippen molar-refractivity contribution in [1.82, 2.24) is 14.4 Å². The minimum atomic E-state index is -0.0397. The standard InChI is InChI=1S/C33H37N3O2/c1-3-35-25-31(29-16-7-8-17-32(29)35)30(27-14-9-15-28(23-27)38-2)24-33(37)36-21-19-34(20-22-36)18-10-13-26-11-5-4-6-12-26/h4-17,23,25,30H,3,18-22,24H2,1-2H3/b13-10+. The van der Waals surface area contributed by atoms with E-state index in [4.69, 9.17) is 4.74 Å². The number of fused-ring (bicyclic) bond motifs is 1. The number of piperazine rings is 1. The summed E-state index contributed by atoms with van der Waals surface area (Å²) in [4.78, 5) is 18.1. The third-order valence-corrected chi connectivity index (χ3v) is 7.61. The van der Waals surface area contributed by atoms with Crippen molar-refractivity contribution >= 4 is 22.9 Å². The van der Waals surface area contributed by atoms with Gasteiger partial charge < -0.3 is 14.2 Å². The molecule has 5 heteroatoms. The average Bonchev–Trinajstić information content (AvgIpc) is 3.35. The normalized spacial score (nSPS) is 15.3. The van der Waals surface area contributed by atoms with Gasteiger partial charge in [0.2, 0.25) is 5.91 Å². The van der Waals surface area contributed by atoms with Gasteiger partial charge in [-0.2, -0.15) is 0 Å².